The number of hydrogen-bond donors (Lipinski definition) is 4. The molecule has 1 heterocycles. The Labute approximate surface area is 102 Å². The zero-order chi connectivity index (χ0) is 13.6. The topological polar surface area (TPSA) is 179 Å². The maximum atomic E-state index is 10.5. The molecule has 0 fully saturated rings. The second-order valence-electron chi connectivity index (χ2n) is 3.04. The van der Waals surface area contributed by atoms with Crippen LogP contribution >= 0.6 is 0 Å². The van der Waals surface area contributed by atoms with E-state index in [1.54, 1.807) is 0 Å². The minimum Gasteiger partial charge on any atom is -0.474 e. The molecule has 0 aliphatic carbocycles. The lowest BCUT2D eigenvalue weighted by molar-refractivity contribution is 0.253. The summed E-state index contributed by atoms with van der Waals surface area (Å²) in [4.78, 5) is 0. The molecular formula is C6H12N6O5S. The summed E-state index contributed by atoms with van der Waals surface area (Å²) in [5.41, 5.74) is 5.23. The molecule has 6 N–H and O–H groups in total. The van der Waals surface area contributed by atoms with Crippen molar-refractivity contribution in [2.45, 2.75) is 6.42 Å². The third-order valence-electron chi connectivity index (χ3n) is 1.67. The first-order valence-corrected chi connectivity index (χ1v) is 6.19. The van der Waals surface area contributed by atoms with E-state index in [9.17, 15) is 8.42 Å². The Morgan fingerprint density at radius 3 is 2.89 bits per heavy atom. The van der Waals surface area contributed by atoms with Gasteiger partial charge >= 0.3 is 0 Å². The second-order valence-corrected chi connectivity index (χ2v) is 4.42. The summed E-state index contributed by atoms with van der Waals surface area (Å²) in [6.45, 7) is 0.214. The molecule has 0 saturated carbocycles. The molecule has 102 valence electrons. The van der Waals surface area contributed by atoms with Crippen LogP contribution in [0, 0.1) is 0 Å². The summed E-state index contributed by atoms with van der Waals surface area (Å²) in [6.07, 6.45) is 0.332. The van der Waals surface area contributed by atoms with Gasteiger partial charge in [-0.2, -0.15) is 8.42 Å². The lowest BCUT2D eigenvalue weighted by Crippen LogP contribution is -2.32. The van der Waals surface area contributed by atoms with Crippen molar-refractivity contribution in [1.82, 2.24) is 15.0 Å². The van der Waals surface area contributed by atoms with E-state index in [1.807, 2.05) is 0 Å². The number of amidine groups is 1. The SMILES string of the molecule is N/C(=N\O)c1nonc1OCCCNS(N)(=O)=O. The molecule has 0 aliphatic rings. The predicted octanol–water partition coefficient (Wildman–Crippen LogP) is -2.27. The molecule has 0 aromatic carbocycles. The number of ether oxygens (including phenoxy) is 1. The van der Waals surface area contributed by atoms with Gasteiger partial charge in [0, 0.05) is 6.54 Å². The predicted molar refractivity (Wildman–Crippen MR) is 58.0 cm³/mol. The molecule has 12 heteroatoms. The van der Waals surface area contributed by atoms with Gasteiger partial charge in [0.15, 0.2) is 5.84 Å². The third kappa shape index (κ3) is 4.52. The van der Waals surface area contributed by atoms with E-state index in [1.165, 1.54) is 0 Å². The summed E-state index contributed by atoms with van der Waals surface area (Å²) < 4.78 is 32.6. The van der Waals surface area contributed by atoms with Crippen LogP contribution in [0.3, 0.4) is 0 Å². The van der Waals surface area contributed by atoms with Crippen LogP contribution in [0.5, 0.6) is 5.88 Å². The van der Waals surface area contributed by atoms with Gasteiger partial charge in [0.2, 0.25) is 5.69 Å². The second kappa shape index (κ2) is 6.13. The van der Waals surface area contributed by atoms with Crippen molar-refractivity contribution >= 4 is 16.0 Å². The molecule has 1 aromatic rings. The fraction of sp³-hybridized carbons (Fsp3) is 0.500. The van der Waals surface area contributed by atoms with Crippen LogP contribution in [0.2, 0.25) is 0 Å². The lowest BCUT2D eigenvalue weighted by Gasteiger charge is -2.03. The zero-order valence-corrected chi connectivity index (χ0v) is 9.92. The maximum Gasteiger partial charge on any atom is 0.287 e. The highest BCUT2D eigenvalue weighted by atomic mass is 32.2. The molecule has 18 heavy (non-hydrogen) atoms. The molecule has 0 spiro atoms. The van der Waals surface area contributed by atoms with E-state index >= 15 is 0 Å². The summed E-state index contributed by atoms with van der Waals surface area (Å²) in [5, 5.41) is 22.6. The summed E-state index contributed by atoms with van der Waals surface area (Å²) in [5.74, 6) is -0.366. The summed E-state index contributed by atoms with van der Waals surface area (Å²) in [6, 6.07) is 0. The van der Waals surface area contributed by atoms with Gasteiger partial charge < -0.3 is 15.7 Å². The van der Waals surface area contributed by atoms with Gasteiger partial charge in [-0.15, -0.1) is 0 Å². The molecule has 0 radical (unpaired) electrons. The van der Waals surface area contributed by atoms with E-state index in [-0.39, 0.29) is 30.6 Å². The van der Waals surface area contributed by atoms with Crippen molar-refractivity contribution in [3.05, 3.63) is 5.69 Å². The highest BCUT2D eigenvalue weighted by molar-refractivity contribution is 7.87. The number of nitrogens with two attached hydrogens (primary N) is 2. The van der Waals surface area contributed by atoms with Crippen LogP contribution in [-0.4, -0.2) is 42.9 Å². The minimum atomic E-state index is -3.71. The Morgan fingerprint density at radius 2 is 2.28 bits per heavy atom. The van der Waals surface area contributed by atoms with Crippen molar-refractivity contribution in [2.24, 2.45) is 16.0 Å². The quantitative estimate of drug-likeness (QED) is 0.142. The van der Waals surface area contributed by atoms with E-state index in [0.717, 1.165) is 0 Å². The minimum absolute atomic E-state index is 0.0445. The van der Waals surface area contributed by atoms with Crippen LogP contribution in [0.1, 0.15) is 12.1 Å². The van der Waals surface area contributed by atoms with Crippen LogP contribution < -0.4 is 20.3 Å². The monoisotopic (exact) mass is 280 g/mol. The molecule has 0 amide bonds. The smallest absolute Gasteiger partial charge is 0.287 e. The van der Waals surface area contributed by atoms with Gasteiger partial charge in [0.25, 0.3) is 16.1 Å². The number of rotatable bonds is 7. The Kier molecular flexibility index (Phi) is 4.82. The van der Waals surface area contributed by atoms with E-state index in [4.69, 9.17) is 20.8 Å². The van der Waals surface area contributed by atoms with Gasteiger partial charge in [-0.3, -0.25) is 0 Å². The molecule has 1 rings (SSSR count). The standard InChI is InChI=1S/C6H12N6O5S/c7-5(10-13)4-6(12-17-11-4)16-3-1-2-9-18(8,14)15/h9,13H,1-3H2,(H2,7,10)(H2,8,14,15). The summed E-state index contributed by atoms with van der Waals surface area (Å²) >= 11 is 0. The van der Waals surface area contributed by atoms with E-state index in [2.05, 4.69) is 24.8 Å². The molecule has 11 nitrogen and oxygen atoms in total. The molecule has 0 aliphatic heterocycles. The number of nitrogens with zero attached hydrogens (tertiary/aromatic N) is 3. The highest BCUT2D eigenvalue weighted by Gasteiger charge is 2.15. The zero-order valence-electron chi connectivity index (χ0n) is 9.11. The van der Waals surface area contributed by atoms with Gasteiger partial charge in [0.05, 0.1) is 6.61 Å². The molecule has 0 saturated heterocycles. The number of aromatic nitrogens is 2. The fourth-order valence-corrected chi connectivity index (χ4v) is 1.36. The Hall–Kier alpha value is -1.92. The van der Waals surface area contributed by atoms with Crippen LogP contribution in [0.15, 0.2) is 9.78 Å². The first kappa shape index (κ1) is 14.1. The average Bonchev–Trinajstić information content (AvgIpc) is 2.74. The fourth-order valence-electron chi connectivity index (χ4n) is 0.934. The molecular weight excluding hydrogens is 268 g/mol. The van der Waals surface area contributed by atoms with Crippen molar-refractivity contribution in [3.63, 3.8) is 0 Å². The van der Waals surface area contributed by atoms with Crippen LogP contribution in [0.25, 0.3) is 0 Å². The first-order valence-electron chi connectivity index (χ1n) is 4.64. The van der Waals surface area contributed by atoms with E-state index in [0.29, 0.717) is 6.42 Å². The Bertz CT molecular complexity index is 510. The van der Waals surface area contributed by atoms with Gasteiger partial charge in [-0.25, -0.2) is 14.5 Å². The normalized spacial score (nSPS) is 12.6. The largest absolute Gasteiger partial charge is 0.474 e. The van der Waals surface area contributed by atoms with Gasteiger partial charge in [-0.05, 0) is 16.7 Å². The lowest BCUT2D eigenvalue weighted by atomic mass is 10.4. The molecule has 0 unspecified atom stereocenters. The molecule has 0 atom stereocenters. The van der Waals surface area contributed by atoms with Crippen molar-refractivity contribution < 1.29 is 23.0 Å². The van der Waals surface area contributed by atoms with Crippen LogP contribution in [0.4, 0.5) is 0 Å². The Balaban J connectivity index is 2.39. The van der Waals surface area contributed by atoms with Gasteiger partial charge in [-0.1, -0.05) is 5.16 Å². The molecule has 0 bridgehead atoms. The number of nitrogens with one attached hydrogen (secondary N) is 1. The van der Waals surface area contributed by atoms with Crippen molar-refractivity contribution in [2.75, 3.05) is 13.2 Å². The average molecular weight is 280 g/mol. The maximum absolute atomic E-state index is 10.5. The summed E-state index contributed by atoms with van der Waals surface area (Å²) in [7, 11) is -3.71. The van der Waals surface area contributed by atoms with Crippen molar-refractivity contribution in [3.8, 4) is 5.88 Å². The Morgan fingerprint density at radius 1 is 1.56 bits per heavy atom. The first-order chi connectivity index (χ1) is 8.44. The highest BCUT2D eigenvalue weighted by Crippen LogP contribution is 2.11. The number of oxime groups is 1. The third-order valence-corrected chi connectivity index (χ3v) is 2.28. The van der Waals surface area contributed by atoms with Crippen molar-refractivity contribution in [1.29, 1.82) is 0 Å². The molecule has 1 aromatic heterocycles. The van der Waals surface area contributed by atoms with Gasteiger partial charge in [0.1, 0.15) is 0 Å². The number of hydrogen-bond acceptors (Lipinski definition) is 8. The van der Waals surface area contributed by atoms with E-state index < -0.39 is 10.2 Å². The van der Waals surface area contributed by atoms with Crippen LogP contribution in [-0.2, 0) is 10.2 Å².